The van der Waals surface area contributed by atoms with Crippen molar-refractivity contribution in [1.29, 1.82) is 0 Å². The second-order valence-corrected chi connectivity index (χ2v) is 7.31. The molecule has 3 rings (SSSR count). The van der Waals surface area contributed by atoms with Crippen molar-refractivity contribution in [1.82, 2.24) is 19.6 Å². The van der Waals surface area contributed by atoms with Gasteiger partial charge in [0.05, 0.1) is 23.5 Å². The molecule has 154 valence electrons. The normalized spacial score (nSPS) is 13.8. The van der Waals surface area contributed by atoms with Crippen LogP contribution in [0.2, 0.25) is 0 Å². The highest BCUT2D eigenvalue weighted by atomic mass is 32.1. The second kappa shape index (κ2) is 8.74. The zero-order valence-corrected chi connectivity index (χ0v) is 16.5. The van der Waals surface area contributed by atoms with Crippen LogP contribution in [0.15, 0.2) is 16.8 Å². The number of fused-ring (bicyclic) bond motifs is 1. The van der Waals surface area contributed by atoms with E-state index < -0.39 is 12.1 Å². The van der Waals surface area contributed by atoms with Crippen LogP contribution in [0.4, 0.5) is 13.2 Å². The third-order valence-corrected chi connectivity index (χ3v) is 4.78. The van der Waals surface area contributed by atoms with Gasteiger partial charge in [-0.25, -0.2) is 4.79 Å². The minimum absolute atomic E-state index is 0.122. The van der Waals surface area contributed by atoms with E-state index in [0.717, 1.165) is 30.8 Å². The summed E-state index contributed by atoms with van der Waals surface area (Å²) in [5.41, 5.74) is 4.42. The molecule has 0 bridgehead atoms. The summed E-state index contributed by atoms with van der Waals surface area (Å²) in [6, 6.07) is 1.89. The average molecular weight is 418 g/mol. The van der Waals surface area contributed by atoms with Crippen molar-refractivity contribution >= 4 is 23.2 Å². The standard InChI is InChI=1S/C15H20N4OS.C2HF3O2/c1-17(2)8-13-12-4-6-19(9-14(12)18(3)16-13)15(20)11-5-7-21-10-11;3-2(4,5)1(6)7/h5,7,10H,4,6,8-9H2,1-3H3;(H,6,7). The maximum absolute atomic E-state index is 12.5. The molecule has 0 aromatic carbocycles. The molecule has 0 fully saturated rings. The zero-order valence-electron chi connectivity index (χ0n) is 15.7. The molecule has 0 radical (unpaired) electrons. The van der Waals surface area contributed by atoms with E-state index >= 15 is 0 Å². The number of carboxylic acids is 1. The van der Waals surface area contributed by atoms with Gasteiger partial charge >= 0.3 is 12.1 Å². The lowest BCUT2D eigenvalue weighted by atomic mass is 10.0. The van der Waals surface area contributed by atoms with Crippen LogP contribution in [0.3, 0.4) is 0 Å². The maximum Gasteiger partial charge on any atom is 0.490 e. The summed E-state index contributed by atoms with van der Waals surface area (Å²) in [6.45, 7) is 2.27. The van der Waals surface area contributed by atoms with Gasteiger partial charge in [-0.2, -0.15) is 29.6 Å². The molecule has 1 amide bonds. The molecule has 7 nitrogen and oxygen atoms in total. The number of aryl methyl sites for hydroxylation is 1. The summed E-state index contributed by atoms with van der Waals surface area (Å²) in [4.78, 5) is 25.4. The van der Waals surface area contributed by atoms with Gasteiger partial charge in [-0.15, -0.1) is 0 Å². The van der Waals surface area contributed by atoms with E-state index in [1.807, 2.05) is 33.5 Å². The van der Waals surface area contributed by atoms with Gasteiger partial charge < -0.3 is 14.9 Å². The fourth-order valence-electron chi connectivity index (χ4n) is 2.83. The lowest BCUT2D eigenvalue weighted by molar-refractivity contribution is -0.192. The van der Waals surface area contributed by atoms with Crippen LogP contribution in [0.5, 0.6) is 0 Å². The molecule has 3 heterocycles. The highest BCUT2D eigenvalue weighted by Crippen LogP contribution is 2.24. The lowest BCUT2D eigenvalue weighted by Gasteiger charge is -2.27. The lowest BCUT2D eigenvalue weighted by Crippen LogP contribution is -2.36. The van der Waals surface area contributed by atoms with Crippen molar-refractivity contribution < 1.29 is 27.9 Å². The van der Waals surface area contributed by atoms with Gasteiger partial charge in [-0.3, -0.25) is 9.48 Å². The van der Waals surface area contributed by atoms with Crippen molar-refractivity contribution in [2.24, 2.45) is 7.05 Å². The van der Waals surface area contributed by atoms with E-state index in [4.69, 9.17) is 9.90 Å². The number of rotatable bonds is 3. The molecule has 0 saturated carbocycles. The number of hydrogen-bond acceptors (Lipinski definition) is 5. The fourth-order valence-corrected chi connectivity index (χ4v) is 3.46. The highest BCUT2D eigenvalue weighted by Gasteiger charge is 2.38. The summed E-state index contributed by atoms with van der Waals surface area (Å²) in [7, 11) is 6.07. The molecule has 11 heteroatoms. The fraction of sp³-hybridized carbons (Fsp3) is 0.471. The third kappa shape index (κ3) is 5.32. The third-order valence-electron chi connectivity index (χ3n) is 4.09. The van der Waals surface area contributed by atoms with E-state index in [1.54, 1.807) is 11.3 Å². The monoisotopic (exact) mass is 418 g/mol. The SMILES string of the molecule is CN(C)Cc1nn(C)c2c1CCN(C(=O)c1ccsc1)C2.O=C(O)C(F)(F)F. The molecule has 28 heavy (non-hydrogen) atoms. The summed E-state index contributed by atoms with van der Waals surface area (Å²) < 4.78 is 33.7. The molecule has 1 aliphatic rings. The van der Waals surface area contributed by atoms with Gasteiger partial charge in [0, 0.05) is 31.1 Å². The van der Waals surface area contributed by atoms with Crippen LogP contribution in [0.25, 0.3) is 0 Å². The van der Waals surface area contributed by atoms with Gasteiger partial charge in [0.15, 0.2) is 0 Å². The van der Waals surface area contributed by atoms with Crippen LogP contribution < -0.4 is 0 Å². The maximum atomic E-state index is 12.5. The molecule has 2 aromatic heterocycles. The van der Waals surface area contributed by atoms with Crippen molar-refractivity contribution in [3.63, 3.8) is 0 Å². The highest BCUT2D eigenvalue weighted by molar-refractivity contribution is 7.08. The van der Waals surface area contributed by atoms with Crippen molar-refractivity contribution in [2.75, 3.05) is 20.6 Å². The molecule has 0 spiro atoms. The molecule has 0 aliphatic carbocycles. The zero-order chi connectivity index (χ0) is 21.1. The minimum atomic E-state index is -5.08. The molecule has 1 N–H and O–H groups in total. The number of thiophene rings is 1. The average Bonchev–Trinajstić information content (AvgIpc) is 3.22. The minimum Gasteiger partial charge on any atom is -0.475 e. The van der Waals surface area contributed by atoms with Gasteiger partial charge in [0.25, 0.3) is 5.91 Å². The van der Waals surface area contributed by atoms with Gasteiger partial charge in [-0.05, 0) is 32.0 Å². The summed E-state index contributed by atoms with van der Waals surface area (Å²) >= 11 is 1.56. The number of hydrogen-bond donors (Lipinski definition) is 1. The number of carbonyl (C=O) groups is 2. The molecular weight excluding hydrogens is 397 g/mol. The molecular formula is C17H21F3N4O3S. The van der Waals surface area contributed by atoms with Crippen LogP contribution in [0, 0.1) is 0 Å². The van der Waals surface area contributed by atoms with E-state index in [2.05, 4.69) is 24.1 Å². The summed E-state index contributed by atoms with van der Waals surface area (Å²) in [6.07, 6.45) is -4.19. The van der Waals surface area contributed by atoms with Gasteiger partial charge in [0.1, 0.15) is 0 Å². The van der Waals surface area contributed by atoms with E-state index in [0.29, 0.717) is 6.54 Å². The Labute approximate surface area is 164 Å². The van der Waals surface area contributed by atoms with Crippen molar-refractivity contribution in [2.45, 2.75) is 25.7 Å². The Balaban J connectivity index is 0.000000345. The molecule has 1 aliphatic heterocycles. The Bertz CT molecular complexity index is 832. The number of nitrogens with zero attached hydrogens (tertiary/aromatic N) is 4. The Morgan fingerprint density at radius 3 is 2.50 bits per heavy atom. The summed E-state index contributed by atoms with van der Waals surface area (Å²) in [5, 5.41) is 15.6. The number of aliphatic carboxylic acids is 1. The topological polar surface area (TPSA) is 78.7 Å². The first-order valence-electron chi connectivity index (χ1n) is 8.30. The number of amides is 1. The smallest absolute Gasteiger partial charge is 0.475 e. The quantitative estimate of drug-likeness (QED) is 0.828. The molecule has 0 saturated heterocycles. The first-order valence-corrected chi connectivity index (χ1v) is 9.25. The Hall–Kier alpha value is -2.40. The number of carboxylic acid groups (broad SMARTS) is 1. The van der Waals surface area contributed by atoms with Gasteiger partial charge in [-0.1, -0.05) is 0 Å². The first-order chi connectivity index (χ1) is 13.0. The Morgan fingerprint density at radius 1 is 1.36 bits per heavy atom. The Morgan fingerprint density at radius 2 is 2.00 bits per heavy atom. The van der Waals surface area contributed by atoms with E-state index in [9.17, 15) is 18.0 Å². The Kier molecular flexibility index (Phi) is 6.83. The van der Waals surface area contributed by atoms with Crippen LogP contribution in [0.1, 0.15) is 27.3 Å². The predicted molar refractivity (Wildman–Crippen MR) is 97.1 cm³/mol. The van der Waals surface area contributed by atoms with Crippen molar-refractivity contribution in [3.8, 4) is 0 Å². The molecule has 0 unspecified atom stereocenters. The summed E-state index contributed by atoms with van der Waals surface area (Å²) in [5.74, 6) is -2.63. The van der Waals surface area contributed by atoms with Gasteiger partial charge in [0.2, 0.25) is 0 Å². The predicted octanol–water partition coefficient (Wildman–Crippen LogP) is 2.38. The van der Waals surface area contributed by atoms with Crippen LogP contribution in [-0.4, -0.2) is 63.4 Å². The number of halogens is 3. The first kappa shape index (κ1) is 21.9. The molecule has 0 atom stereocenters. The van der Waals surface area contributed by atoms with E-state index in [-0.39, 0.29) is 5.91 Å². The second-order valence-electron chi connectivity index (χ2n) is 6.52. The number of aromatic nitrogens is 2. The number of carbonyl (C=O) groups excluding carboxylic acids is 1. The molecule has 2 aromatic rings. The van der Waals surface area contributed by atoms with Crippen molar-refractivity contribution in [3.05, 3.63) is 39.3 Å². The van der Waals surface area contributed by atoms with E-state index in [1.165, 1.54) is 11.3 Å². The number of alkyl halides is 3. The van der Waals surface area contributed by atoms with Crippen LogP contribution in [-0.2, 0) is 31.4 Å². The van der Waals surface area contributed by atoms with Crippen LogP contribution >= 0.6 is 11.3 Å². The largest absolute Gasteiger partial charge is 0.490 e.